The summed E-state index contributed by atoms with van der Waals surface area (Å²) < 4.78 is 13.7. The van der Waals surface area contributed by atoms with Crippen molar-refractivity contribution in [2.75, 3.05) is 5.32 Å². The summed E-state index contributed by atoms with van der Waals surface area (Å²) in [6.07, 6.45) is 0. The zero-order valence-corrected chi connectivity index (χ0v) is 11.7. The van der Waals surface area contributed by atoms with Gasteiger partial charge in [0.1, 0.15) is 10.8 Å². The number of nitrogens with one attached hydrogen (secondary N) is 1. The van der Waals surface area contributed by atoms with E-state index in [1.807, 2.05) is 18.2 Å². The molecule has 0 unspecified atom stereocenters. The van der Waals surface area contributed by atoms with Crippen molar-refractivity contribution in [2.45, 2.75) is 0 Å². The van der Waals surface area contributed by atoms with E-state index in [1.54, 1.807) is 12.1 Å². The molecule has 0 heterocycles. The maximum absolute atomic E-state index is 12.8. The largest absolute Gasteiger partial charge is 0.389 e. The lowest BCUT2D eigenvalue weighted by Gasteiger charge is -2.11. The molecule has 2 nitrogen and oxygen atoms in total. The number of rotatable bonds is 3. The van der Waals surface area contributed by atoms with Gasteiger partial charge in [-0.25, -0.2) is 4.39 Å². The van der Waals surface area contributed by atoms with Crippen molar-refractivity contribution in [3.63, 3.8) is 0 Å². The Balaban J connectivity index is 2.34. The van der Waals surface area contributed by atoms with Gasteiger partial charge >= 0.3 is 0 Å². The van der Waals surface area contributed by atoms with Crippen molar-refractivity contribution in [1.82, 2.24) is 0 Å². The van der Waals surface area contributed by atoms with Gasteiger partial charge in [-0.2, -0.15) is 0 Å². The van der Waals surface area contributed by atoms with Gasteiger partial charge in [-0.3, -0.25) is 0 Å². The topological polar surface area (TPSA) is 38.0 Å². The lowest BCUT2D eigenvalue weighted by Crippen LogP contribution is -2.11. The van der Waals surface area contributed by atoms with Gasteiger partial charge in [-0.1, -0.05) is 28.1 Å². The van der Waals surface area contributed by atoms with E-state index < -0.39 is 0 Å². The van der Waals surface area contributed by atoms with Crippen molar-refractivity contribution in [3.05, 3.63) is 58.3 Å². The minimum absolute atomic E-state index is 0.272. The number of hydrogen-bond acceptors (Lipinski definition) is 2. The Morgan fingerprint density at radius 1 is 1.17 bits per heavy atom. The van der Waals surface area contributed by atoms with E-state index in [4.69, 9.17) is 18.0 Å². The highest BCUT2D eigenvalue weighted by molar-refractivity contribution is 9.10. The fraction of sp³-hybridized carbons (Fsp3) is 0. The highest BCUT2D eigenvalue weighted by Gasteiger charge is 2.06. The van der Waals surface area contributed by atoms with Crippen molar-refractivity contribution < 1.29 is 4.39 Å². The molecule has 0 aliphatic heterocycles. The maximum Gasteiger partial charge on any atom is 0.123 e. The summed E-state index contributed by atoms with van der Waals surface area (Å²) in [5.74, 6) is -0.272. The fourth-order valence-electron chi connectivity index (χ4n) is 1.52. The Kier molecular flexibility index (Phi) is 3.93. The summed E-state index contributed by atoms with van der Waals surface area (Å²) in [5.41, 5.74) is 7.97. The monoisotopic (exact) mass is 324 g/mol. The molecule has 0 saturated heterocycles. The third-order valence-corrected chi connectivity index (χ3v) is 3.08. The van der Waals surface area contributed by atoms with Gasteiger partial charge < -0.3 is 11.1 Å². The first-order valence-electron chi connectivity index (χ1n) is 5.18. The van der Waals surface area contributed by atoms with Gasteiger partial charge in [0.15, 0.2) is 0 Å². The van der Waals surface area contributed by atoms with Crippen LogP contribution >= 0.6 is 28.1 Å². The van der Waals surface area contributed by atoms with E-state index in [1.165, 1.54) is 12.1 Å². The van der Waals surface area contributed by atoms with E-state index in [2.05, 4.69) is 21.2 Å². The Labute approximate surface area is 118 Å². The smallest absolute Gasteiger partial charge is 0.123 e. The molecular weight excluding hydrogens is 315 g/mol. The van der Waals surface area contributed by atoms with Crippen LogP contribution in [0.1, 0.15) is 5.56 Å². The number of hydrogen-bond donors (Lipinski definition) is 2. The molecule has 18 heavy (non-hydrogen) atoms. The Bertz CT molecular complexity index is 584. The van der Waals surface area contributed by atoms with Crippen LogP contribution in [0.3, 0.4) is 0 Å². The van der Waals surface area contributed by atoms with Crippen molar-refractivity contribution in [2.24, 2.45) is 5.73 Å². The first-order chi connectivity index (χ1) is 8.56. The molecule has 0 spiro atoms. The third-order valence-electron chi connectivity index (χ3n) is 2.37. The van der Waals surface area contributed by atoms with Gasteiger partial charge in [0.05, 0.1) is 0 Å². The molecule has 0 bridgehead atoms. The van der Waals surface area contributed by atoms with E-state index >= 15 is 0 Å². The van der Waals surface area contributed by atoms with E-state index in [0.717, 1.165) is 21.4 Å². The van der Waals surface area contributed by atoms with Gasteiger partial charge in [-0.05, 0) is 42.5 Å². The average molecular weight is 325 g/mol. The molecule has 0 atom stereocenters. The molecule has 0 saturated carbocycles. The molecule has 92 valence electrons. The predicted octanol–water partition coefficient (Wildman–Crippen LogP) is 3.97. The molecule has 0 aromatic heterocycles. The molecule has 3 N–H and O–H groups in total. The van der Waals surface area contributed by atoms with Crippen LogP contribution in [0.4, 0.5) is 15.8 Å². The number of thiocarbonyl (C=S) groups is 1. The third kappa shape index (κ3) is 3.05. The minimum Gasteiger partial charge on any atom is -0.389 e. The molecule has 5 heteroatoms. The van der Waals surface area contributed by atoms with Gasteiger partial charge in [0, 0.05) is 21.4 Å². The quantitative estimate of drug-likeness (QED) is 0.839. The molecule has 0 aliphatic rings. The molecular formula is C13H10BrFN2S. The molecule has 2 aromatic rings. The lowest BCUT2D eigenvalue weighted by atomic mass is 10.1. The Hall–Kier alpha value is -1.46. The predicted molar refractivity (Wildman–Crippen MR) is 79.7 cm³/mol. The molecule has 0 fully saturated rings. The van der Waals surface area contributed by atoms with Gasteiger partial charge in [0.25, 0.3) is 0 Å². The highest BCUT2D eigenvalue weighted by atomic mass is 79.9. The van der Waals surface area contributed by atoms with Crippen molar-refractivity contribution >= 4 is 44.5 Å². The number of benzene rings is 2. The molecule has 2 rings (SSSR count). The van der Waals surface area contributed by atoms with Crippen LogP contribution in [-0.4, -0.2) is 4.99 Å². The fourth-order valence-corrected chi connectivity index (χ4v) is 2.05. The molecule has 2 aromatic carbocycles. The van der Waals surface area contributed by atoms with Crippen LogP contribution in [0.5, 0.6) is 0 Å². The summed E-state index contributed by atoms with van der Waals surface area (Å²) >= 11 is 8.37. The SMILES string of the molecule is NC(=S)c1cc(Br)ccc1Nc1ccc(F)cc1. The number of nitrogens with two attached hydrogens (primary N) is 1. The van der Waals surface area contributed by atoms with Crippen molar-refractivity contribution in [3.8, 4) is 0 Å². The first kappa shape index (κ1) is 13.0. The zero-order chi connectivity index (χ0) is 13.1. The van der Waals surface area contributed by atoms with Crippen LogP contribution in [-0.2, 0) is 0 Å². The normalized spacial score (nSPS) is 10.1. The number of halogens is 2. The summed E-state index contributed by atoms with van der Waals surface area (Å²) in [6.45, 7) is 0. The van der Waals surface area contributed by atoms with Crippen LogP contribution in [0, 0.1) is 5.82 Å². The van der Waals surface area contributed by atoms with Crippen LogP contribution < -0.4 is 11.1 Å². The Morgan fingerprint density at radius 3 is 2.44 bits per heavy atom. The number of anilines is 2. The minimum atomic E-state index is -0.272. The first-order valence-corrected chi connectivity index (χ1v) is 6.38. The molecule has 0 aliphatic carbocycles. The van der Waals surface area contributed by atoms with Crippen LogP contribution in [0.25, 0.3) is 0 Å². The summed E-state index contributed by atoms with van der Waals surface area (Å²) in [6, 6.07) is 11.7. The van der Waals surface area contributed by atoms with E-state index in [9.17, 15) is 4.39 Å². The average Bonchev–Trinajstić information content (AvgIpc) is 2.34. The van der Waals surface area contributed by atoms with Crippen LogP contribution in [0.2, 0.25) is 0 Å². The Morgan fingerprint density at radius 2 is 1.83 bits per heavy atom. The zero-order valence-electron chi connectivity index (χ0n) is 9.28. The van der Waals surface area contributed by atoms with Gasteiger partial charge in [0.2, 0.25) is 0 Å². The summed E-state index contributed by atoms with van der Waals surface area (Å²) in [4.78, 5) is 0.306. The summed E-state index contributed by atoms with van der Waals surface area (Å²) in [5, 5.41) is 3.15. The molecule has 0 amide bonds. The van der Waals surface area contributed by atoms with Crippen LogP contribution in [0.15, 0.2) is 46.9 Å². The summed E-state index contributed by atoms with van der Waals surface area (Å²) in [7, 11) is 0. The van der Waals surface area contributed by atoms with Gasteiger partial charge in [-0.15, -0.1) is 0 Å². The molecule has 0 radical (unpaired) electrons. The lowest BCUT2D eigenvalue weighted by molar-refractivity contribution is 0.628. The second kappa shape index (κ2) is 5.46. The highest BCUT2D eigenvalue weighted by Crippen LogP contribution is 2.24. The maximum atomic E-state index is 12.8. The van der Waals surface area contributed by atoms with E-state index in [0.29, 0.717) is 4.99 Å². The van der Waals surface area contributed by atoms with Crippen molar-refractivity contribution in [1.29, 1.82) is 0 Å². The second-order valence-corrected chi connectivity index (χ2v) is 5.04. The second-order valence-electron chi connectivity index (χ2n) is 3.69. The standard InChI is InChI=1S/C13H10BrFN2S/c14-8-1-6-12(11(7-8)13(16)18)17-10-4-2-9(15)3-5-10/h1-7,17H,(H2,16,18). The van der Waals surface area contributed by atoms with E-state index in [-0.39, 0.29) is 5.82 Å².